The largest absolute Gasteiger partial charge is 0.351 e. The van der Waals surface area contributed by atoms with Gasteiger partial charge in [-0.3, -0.25) is 4.55 Å². The molecular weight excluding hydrogens is 240 g/mol. The molecule has 0 fully saturated rings. The average Bonchev–Trinajstić information content (AvgIpc) is 2.78. The Balaban J connectivity index is 0.000000239. The average molecular weight is 254 g/mol. The molecule has 5 nitrogen and oxygen atoms in total. The molecule has 2 N–H and O–H groups in total. The van der Waals surface area contributed by atoms with E-state index in [0.29, 0.717) is 5.56 Å². The Bertz CT molecular complexity index is 545. The normalized spacial score (nSPS) is 10.5. The number of aromatic amines is 1. The lowest BCUT2D eigenvalue weighted by Crippen LogP contribution is -2.01. The molecule has 2 rings (SSSR count). The van der Waals surface area contributed by atoms with Crippen LogP contribution in [0.2, 0.25) is 0 Å². The van der Waals surface area contributed by atoms with Gasteiger partial charge >= 0.3 is 0 Å². The molecule has 0 aliphatic rings. The van der Waals surface area contributed by atoms with Crippen LogP contribution >= 0.6 is 0 Å². The molecule has 92 valence electrons. The highest BCUT2D eigenvalue weighted by atomic mass is 32.2. The molecule has 1 heterocycles. The van der Waals surface area contributed by atoms with Crippen molar-refractivity contribution in [1.82, 2.24) is 9.97 Å². The summed E-state index contributed by atoms with van der Waals surface area (Å²) in [5.41, 5.74) is 1.45. The van der Waals surface area contributed by atoms with Gasteiger partial charge in [-0.2, -0.15) is 8.42 Å². The van der Waals surface area contributed by atoms with Gasteiger partial charge in [-0.1, -0.05) is 12.1 Å². The van der Waals surface area contributed by atoms with Gasteiger partial charge in [0.25, 0.3) is 10.1 Å². The number of hydrogen-bond acceptors (Lipinski definition) is 3. The SMILES string of the molecule is Cc1cccc(S(=O)(=O)O)c1C.c1c[nH]cn1. The van der Waals surface area contributed by atoms with Crippen molar-refractivity contribution in [2.75, 3.05) is 0 Å². The first-order valence-electron chi connectivity index (χ1n) is 4.89. The van der Waals surface area contributed by atoms with Gasteiger partial charge in [0.15, 0.2) is 0 Å². The van der Waals surface area contributed by atoms with Crippen molar-refractivity contribution in [1.29, 1.82) is 0 Å². The van der Waals surface area contributed by atoms with Crippen LogP contribution < -0.4 is 0 Å². The minimum absolute atomic E-state index is 0.0116. The maximum Gasteiger partial charge on any atom is 0.294 e. The van der Waals surface area contributed by atoms with E-state index in [9.17, 15) is 8.42 Å². The predicted molar refractivity (Wildman–Crippen MR) is 64.3 cm³/mol. The highest BCUT2D eigenvalue weighted by molar-refractivity contribution is 7.85. The molecule has 1 aromatic heterocycles. The third-order valence-corrected chi connectivity index (χ3v) is 3.24. The van der Waals surface area contributed by atoms with Crippen molar-refractivity contribution in [2.24, 2.45) is 0 Å². The highest BCUT2D eigenvalue weighted by Gasteiger charge is 2.12. The maximum atomic E-state index is 10.8. The second-order valence-corrected chi connectivity index (χ2v) is 4.82. The first-order valence-corrected chi connectivity index (χ1v) is 6.33. The number of benzene rings is 1. The highest BCUT2D eigenvalue weighted by Crippen LogP contribution is 2.17. The number of hydrogen-bond donors (Lipinski definition) is 2. The first-order chi connectivity index (χ1) is 7.93. The Morgan fingerprint density at radius 3 is 2.35 bits per heavy atom. The van der Waals surface area contributed by atoms with E-state index in [2.05, 4.69) is 9.97 Å². The Morgan fingerprint density at radius 1 is 1.29 bits per heavy atom. The van der Waals surface area contributed by atoms with Crippen LogP contribution in [-0.4, -0.2) is 22.9 Å². The molecule has 17 heavy (non-hydrogen) atoms. The minimum Gasteiger partial charge on any atom is -0.351 e. The van der Waals surface area contributed by atoms with Gasteiger partial charge in [-0.25, -0.2) is 4.98 Å². The summed E-state index contributed by atoms with van der Waals surface area (Å²) >= 11 is 0. The number of aryl methyl sites for hydroxylation is 1. The Hall–Kier alpha value is -1.66. The lowest BCUT2D eigenvalue weighted by Gasteiger charge is -2.03. The van der Waals surface area contributed by atoms with Crippen LogP contribution in [0, 0.1) is 13.8 Å². The first kappa shape index (κ1) is 13.4. The van der Waals surface area contributed by atoms with E-state index in [1.54, 1.807) is 44.7 Å². The molecule has 0 spiro atoms. The minimum atomic E-state index is -4.06. The molecule has 0 saturated carbocycles. The zero-order valence-electron chi connectivity index (χ0n) is 9.58. The Morgan fingerprint density at radius 2 is 2.00 bits per heavy atom. The van der Waals surface area contributed by atoms with Crippen molar-refractivity contribution < 1.29 is 13.0 Å². The fourth-order valence-corrected chi connectivity index (χ4v) is 2.02. The number of rotatable bonds is 1. The summed E-state index contributed by atoms with van der Waals surface area (Å²) in [4.78, 5) is 6.41. The summed E-state index contributed by atoms with van der Waals surface area (Å²) in [6.07, 6.45) is 5.08. The number of H-pyrrole nitrogens is 1. The molecule has 0 saturated heterocycles. The van der Waals surface area contributed by atoms with E-state index in [4.69, 9.17) is 4.55 Å². The quantitative estimate of drug-likeness (QED) is 0.762. The van der Waals surface area contributed by atoms with Gasteiger partial charge in [0.2, 0.25) is 0 Å². The fraction of sp³-hybridized carbons (Fsp3) is 0.182. The van der Waals surface area contributed by atoms with Crippen molar-refractivity contribution >= 4 is 10.1 Å². The van der Waals surface area contributed by atoms with Gasteiger partial charge in [0, 0.05) is 12.4 Å². The predicted octanol–water partition coefficient (Wildman–Crippen LogP) is 1.96. The molecule has 0 radical (unpaired) electrons. The van der Waals surface area contributed by atoms with E-state index in [-0.39, 0.29) is 4.90 Å². The van der Waals surface area contributed by atoms with Crippen LogP contribution in [-0.2, 0) is 10.1 Å². The monoisotopic (exact) mass is 254 g/mol. The van der Waals surface area contributed by atoms with Crippen LogP contribution in [0.5, 0.6) is 0 Å². The second-order valence-electron chi connectivity index (χ2n) is 3.43. The third-order valence-electron chi connectivity index (χ3n) is 2.24. The Kier molecular flexibility index (Phi) is 4.42. The molecule has 2 aromatic rings. The molecule has 6 heteroatoms. The topological polar surface area (TPSA) is 83.0 Å². The fourth-order valence-electron chi connectivity index (χ4n) is 1.22. The van der Waals surface area contributed by atoms with Gasteiger partial charge < -0.3 is 4.98 Å². The number of nitrogens with one attached hydrogen (secondary N) is 1. The van der Waals surface area contributed by atoms with Crippen LogP contribution in [0.1, 0.15) is 11.1 Å². The zero-order valence-corrected chi connectivity index (χ0v) is 10.4. The lowest BCUT2D eigenvalue weighted by molar-refractivity contribution is 0.482. The summed E-state index contributed by atoms with van der Waals surface area (Å²) in [5, 5.41) is 0. The van der Waals surface area contributed by atoms with E-state index < -0.39 is 10.1 Å². The summed E-state index contributed by atoms with van der Waals surface area (Å²) in [5.74, 6) is 0. The van der Waals surface area contributed by atoms with Gasteiger partial charge in [-0.05, 0) is 31.0 Å². The van der Waals surface area contributed by atoms with Crippen LogP contribution in [0.15, 0.2) is 41.8 Å². The third kappa shape index (κ3) is 4.01. The Labute approximate surface area is 100 Å². The summed E-state index contributed by atoms with van der Waals surface area (Å²) in [7, 11) is -4.06. The second kappa shape index (κ2) is 5.60. The van der Waals surface area contributed by atoms with E-state index in [1.807, 2.05) is 0 Å². The smallest absolute Gasteiger partial charge is 0.294 e. The molecule has 0 unspecified atom stereocenters. The van der Waals surface area contributed by atoms with Crippen molar-refractivity contribution in [2.45, 2.75) is 18.7 Å². The molecule has 0 atom stereocenters. The lowest BCUT2D eigenvalue weighted by atomic mass is 10.1. The van der Waals surface area contributed by atoms with Gasteiger partial charge in [-0.15, -0.1) is 0 Å². The number of imidazole rings is 1. The molecule has 0 bridgehead atoms. The maximum absolute atomic E-state index is 10.8. The van der Waals surface area contributed by atoms with E-state index in [0.717, 1.165) is 5.56 Å². The van der Waals surface area contributed by atoms with Crippen molar-refractivity contribution in [3.05, 3.63) is 48.0 Å². The van der Waals surface area contributed by atoms with E-state index >= 15 is 0 Å². The molecule has 0 aliphatic heterocycles. The van der Waals surface area contributed by atoms with E-state index in [1.165, 1.54) is 6.07 Å². The number of nitrogens with zero attached hydrogens (tertiary/aromatic N) is 1. The molecular formula is C11H14N2O3S. The molecule has 0 aliphatic carbocycles. The van der Waals surface area contributed by atoms with Crippen LogP contribution in [0.25, 0.3) is 0 Å². The van der Waals surface area contributed by atoms with Crippen molar-refractivity contribution in [3.8, 4) is 0 Å². The van der Waals surface area contributed by atoms with Crippen LogP contribution in [0.4, 0.5) is 0 Å². The molecule has 1 aromatic carbocycles. The van der Waals surface area contributed by atoms with Crippen molar-refractivity contribution in [3.63, 3.8) is 0 Å². The van der Waals surface area contributed by atoms with Gasteiger partial charge in [0.05, 0.1) is 11.2 Å². The number of aromatic nitrogens is 2. The summed E-state index contributed by atoms with van der Waals surface area (Å²) in [6.45, 7) is 3.46. The van der Waals surface area contributed by atoms with Gasteiger partial charge in [0.1, 0.15) is 0 Å². The zero-order chi connectivity index (χ0) is 12.9. The molecule has 0 amide bonds. The summed E-state index contributed by atoms with van der Waals surface area (Å²) in [6, 6.07) is 4.78. The van der Waals surface area contributed by atoms with Crippen LogP contribution in [0.3, 0.4) is 0 Å². The summed E-state index contributed by atoms with van der Waals surface area (Å²) < 4.78 is 30.3. The standard InChI is InChI=1S/C8H10O3S.C3H4N2/c1-6-4-3-5-8(7(6)2)12(9,10)11;1-2-5-3-4-1/h3-5H,1-2H3,(H,9,10,11);1-3H,(H,4,5).